The SMILES string of the molecule is CC[C@@H](C(=O)N1CCC(Cc2ccc(F)cc2)CC1)N(CC)Cc1ccc(F)c(F)c1. The molecule has 0 unspecified atom stereocenters. The molecule has 0 radical (unpaired) electrons. The van der Waals surface area contributed by atoms with Crippen molar-refractivity contribution < 1.29 is 18.0 Å². The maximum Gasteiger partial charge on any atom is 0.239 e. The highest BCUT2D eigenvalue weighted by Crippen LogP contribution is 2.24. The number of hydrogen-bond donors (Lipinski definition) is 0. The highest BCUT2D eigenvalue weighted by Gasteiger charge is 2.30. The van der Waals surface area contributed by atoms with Crippen LogP contribution in [-0.4, -0.2) is 41.4 Å². The Kier molecular flexibility index (Phi) is 8.13. The molecule has 1 amide bonds. The van der Waals surface area contributed by atoms with Gasteiger partial charge in [-0.1, -0.05) is 32.0 Å². The third-order valence-electron chi connectivity index (χ3n) is 6.25. The highest BCUT2D eigenvalue weighted by molar-refractivity contribution is 5.82. The van der Waals surface area contributed by atoms with Crippen molar-refractivity contribution in [3.8, 4) is 0 Å². The molecule has 1 aliphatic rings. The molecular weight excluding hydrogens is 401 g/mol. The second-order valence-electron chi connectivity index (χ2n) is 8.33. The topological polar surface area (TPSA) is 23.6 Å². The van der Waals surface area contributed by atoms with Crippen molar-refractivity contribution in [2.24, 2.45) is 5.92 Å². The monoisotopic (exact) mass is 432 g/mol. The summed E-state index contributed by atoms with van der Waals surface area (Å²) in [7, 11) is 0. The van der Waals surface area contributed by atoms with E-state index in [9.17, 15) is 18.0 Å². The number of nitrogens with zero attached hydrogens (tertiary/aromatic N) is 2. The fourth-order valence-corrected chi connectivity index (χ4v) is 4.43. The lowest BCUT2D eigenvalue weighted by Gasteiger charge is -2.37. The Labute approximate surface area is 182 Å². The van der Waals surface area contributed by atoms with Crippen LogP contribution in [-0.2, 0) is 17.8 Å². The molecule has 2 aromatic rings. The molecule has 1 saturated heterocycles. The van der Waals surface area contributed by atoms with Crippen molar-refractivity contribution in [3.05, 3.63) is 71.0 Å². The minimum atomic E-state index is -0.865. The predicted molar refractivity (Wildman–Crippen MR) is 116 cm³/mol. The number of likely N-dealkylation sites (N-methyl/N-ethyl adjacent to an activating group) is 1. The summed E-state index contributed by atoms with van der Waals surface area (Å²) in [6, 6.07) is 10.3. The quantitative estimate of drug-likeness (QED) is 0.574. The van der Waals surface area contributed by atoms with Gasteiger partial charge in [-0.15, -0.1) is 0 Å². The Morgan fingerprint density at radius 3 is 2.23 bits per heavy atom. The van der Waals surface area contributed by atoms with Gasteiger partial charge in [0.15, 0.2) is 11.6 Å². The molecule has 3 nitrogen and oxygen atoms in total. The molecule has 1 aliphatic heterocycles. The molecule has 0 bridgehead atoms. The van der Waals surface area contributed by atoms with Crippen LogP contribution in [0, 0.1) is 23.4 Å². The average molecular weight is 433 g/mol. The van der Waals surface area contributed by atoms with Gasteiger partial charge in [0.05, 0.1) is 6.04 Å². The van der Waals surface area contributed by atoms with Crippen molar-refractivity contribution in [2.75, 3.05) is 19.6 Å². The molecule has 1 fully saturated rings. The zero-order valence-electron chi connectivity index (χ0n) is 18.3. The van der Waals surface area contributed by atoms with Crippen LogP contribution in [0.25, 0.3) is 0 Å². The summed E-state index contributed by atoms with van der Waals surface area (Å²) in [5.41, 5.74) is 1.78. The van der Waals surface area contributed by atoms with E-state index in [0.717, 1.165) is 30.9 Å². The van der Waals surface area contributed by atoms with Crippen LogP contribution in [0.4, 0.5) is 13.2 Å². The van der Waals surface area contributed by atoms with Gasteiger partial charge in [-0.25, -0.2) is 13.2 Å². The first kappa shape index (κ1) is 23.3. The van der Waals surface area contributed by atoms with E-state index in [4.69, 9.17) is 0 Å². The van der Waals surface area contributed by atoms with Gasteiger partial charge in [0.25, 0.3) is 0 Å². The molecule has 1 atom stereocenters. The lowest BCUT2D eigenvalue weighted by atomic mass is 9.90. The largest absolute Gasteiger partial charge is 0.341 e. The maximum atomic E-state index is 13.6. The molecule has 0 N–H and O–H groups in total. The summed E-state index contributed by atoms with van der Waals surface area (Å²) in [5, 5.41) is 0. The van der Waals surface area contributed by atoms with Crippen molar-refractivity contribution >= 4 is 5.91 Å². The Balaban J connectivity index is 1.57. The minimum absolute atomic E-state index is 0.104. The zero-order valence-corrected chi connectivity index (χ0v) is 18.3. The third-order valence-corrected chi connectivity index (χ3v) is 6.25. The van der Waals surface area contributed by atoms with Crippen LogP contribution >= 0.6 is 0 Å². The van der Waals surface area contributed by atoms with Crippen LogP contribution in [0.1, 0.15) is 44.2 Å². The summed E-state index contributed by atoms with van der Waals surface area (Å²) in [4.78, 5) is 17.2. The van der Waals surface area contributed by atoms with E-state index < -0.39 is 11.6 Å². The molecule has 0 spiro atoms. The normalized spacial score (nSPS) is 16.0. The summed E-state index contributed by atoms with van der Waals surface area (Å²) in [5.74, 6) is -1.36. The van der Waals surface area contributed by atoms with Crippen LogP contribution in [0.15, 0.2) is 42.5 Å². The Hall–Kier alpha value is -2.34. The summed E-state index contributed by atoms with van der Waals surface area (Å²) >= 11 is 0. The van der Waals surface area contributed by atoms with Crippen molar-refractivity contribution in [3.63, 3.8) is 0 Å². The molecule has 168 valence electrons. The van der Waals surface area contributed by atoms with E-state index in [2.05, 4.69) is 0 Å². The fraction of sp³-hybridized carbons (Fsp3) is 0.480. The van der Waals surface area contributed by atoms with Gasteiger partial charge in [0, 0.05) is 19.6 Å². The van der Waals surface area contributed by atoms with Crippen LogP contribution < -0.4 is 0 Å². The molecule has 3 rings (SSSR count). The lowest BCUT2D eigenvalue weighted by Crippen LogP contribution is -2.50. The molecular formula is C25H31F3N2O. The second-order valence-corrected chi connectivity index (χ2v) is 8.33. The molecule has 0 saturated carbocycles. The van der Waals surface area contributed by atoms with Gasteiger partial charge in [-0.2, -0.15) is 0 Å². The Morgan fingerprint density at radius 1 is 1.00 bits per heavy atom. The number of benzene rings is 2. The number of amides is 1. The lowest BCUT2D eigenvalue weighted by molar-refractivity contribution is -0.138. The third kappa shape index (κ3) is 6.10. The summed E-state index contributed by atoms with van der Waals surface area (Å²) < 4.78 is 39.9. The van der Waals surface area contributed by atoms with Crippen molar-refractivity contribution in [1.29, 1.82) is 0 Å². The van der Waals surface area contributed by atoms with Crippen LogP contribution in [0.3, 0.4) is 0 Å². The van der Waals surface area contributed by atoms with E-state index in [0.29, 0.717) is 44.1 Å². The molecule has 31 heavy (non-hydrogen) atoms. The second kappa shape index (κ2) is 10.8. The highest BCUT2D eigenvalue weighted by atomic mass is 19.2. The number of carbonyl (C=O) groups is 1. The van der Waals surface area contributed by atoms with Gasteiger partial charge in [0.1, 0.15) is 5.82 Å². The van der Waals surface area contributed by atoms with Gasteiger partial charge < -0.3 is 4.90 Å². The number of piperidine rings is 1. The first-order valence-corrected chi connectivity index (χ1v) is 11.1. The van der Waals surface area contributed by atoms with Crippen molar-refractivity contribution in [2.45, 2.75) is 52.1 Å². The van der Waals surface area contributed by atoms with E-state index in [1.54, 1.807) is 6.07 Å². The number of carbonyl (C=O) groups excluding carboxylic acids is 1. The van der Waals surface area contributed by atoms with Gasteiger partial charge in [-0.05, 0) is 73.5 Å². The Morgan fingerprint density at radius 2 is 1.65 bits per heavy atom. The van der Waals surface area contributed by atoms with E-state index in [-0.39, 0.29) is 17.8 Å². The summed E-state index contributed by atoms with van der Waals surface area (Å²) in [6.45, 7) is 6.43. The minimum Gasteiger partial charge on any atom is -0.341 e. The number of halogens is 3. The predicted octanol–water partition coefficient (Wildman–Crippen LogP) is 5.19. The average Bonchev–Trinajstić information content (AvgIpc) is 2.78. The standard InChI is InChI=1S/C25H31F3N2O/c1-3-24(29(4-2)17-20-7-10-22(27)23(28)16-20)25(31)30-13-11-19(12-14-30)15-18-5-8-21(26)9-6-18/h5-10,16,19,24H,3-4,11-15,17H2,1-2H3/t24-/m0/s1. The molecule has 2 aromatic carbocycles. The number of likely N-dealkylation sites (tertiary alicyclic amines) is 1. The zero-order chi connectivity index (χ0) is 22.4. The van der Waals surface area contributed by atoms with Crippen LogP contribution in [0.2, 0.25) is 0 Å². The van der Waals surface area contributed by atoms with E-state index in [1.165, 1.54) is 18.2 Å². The molecule has 0 aromatic heterocycles. The first-order chi connectivity index (χ1) is 14.9. The summed E-state index contributed by atoms with van der Waals surface area (Å²) in [6.07, 6.45) is 3.41. The number of hydrogen-bond acceptors (Lipinski definition) is 2. The molecule has 0 aliphatic carbocycles. The van der Waals surface area contributed by atoms with Gasteiger partial charge in [0.2, 0.25) is 5.91 Å². The smallest absolute Gasteiger partial charge is 0.239 e. The van der Waals surface area contributed by atoms with Gasteiger partial charge >= 0.3 is 0 Å². The van der Waals surface area contributed by atoms with Crippen molar-refractivity contribution in [1.82, 2.24) is 9.80 Å². The molecule has 1 heterocycles. The maximum absolute atomic E-state index is 13.6. The number of rotatable bonds is 8. The van der Waals surface area contributed by atoms with E-state index >= 15 is 0 Å². The fourth-order valence-electron chi connectivity index (χ4n) is 4.43. The first-order valence-electron chi connectivity index (χ1n) is 11.1. The van der Waals surface area contributed by atoms with Crippen LogP contribution in [0.5, 0.6) is 0 Å². The van der Waals surface area contributed by atoms with Gasteiger partial charge in [-0.3, -0.25) is 9.69 Å². The molecule has 6 heteroatoms. The Bertz CT molecular complexity index is 864. The van der Waals surface area contributed by atoms with E-state index in [1.807, 2.05) is 35.8 Å².